The van der Waals surface area contributed by atoms with E-state index >= 15 is 0 Å². The van der Waals surface area contributed by atoms with Crippen LogP contribution in [0.3, 0.4) is 0 Å². The molecular formula is C18H16BrNO3. The van der Waals surface area contributed by atoms with Gasteiger partial charge in [0.25, 0.3) is 5.91 Å². The molecule has 23 heavy (non-hydrogen) atoms. The summed E-state index contributed by atoms with van der Waals surface area (Å²) in [5.41, 5.74) is 2.11. The molecule has 2 aromatic carbocycles. The van der Waals surface area contributed by atoms with Crippen molar-refractivity contribution in [2.24, 2.45) is 0 Å². The fourth-order valence-corrected chi connectivity index (χ4v) is 3.67. The number of carboxylic acid groups (broad SMARTS) is 1. The fourth-order valence-electron chi connectivity index (χ4n) is 3.00. The van der Waals surface area contributed by atoms with Crippen LogP contribution in [-0.4, -0.2) is 22.5 Å². The second-order valence-electron chi connectivity index (χ2n) is 5.95. The summed E-state index contributed by atoms with van der Waals surface area (Å²) in [4.78, 5) is 24.5. The molecule has 118 valence electrons. The third kappa shape index (κ3) is 2.88. The van der Waals surface area contributed by atoms with Crippen LogP contribution < -0.4 is 5.32 Å². The van der Waals surface area contributed by atoms with Crippen molar-refractivity contribution in [1.82, 2.24) is 5.32 Å². The maximum atomic E-state index is 12.6. The van der Waals surface area contributed by atoms with E-state index in [1.54, 1.807) is 6.07 Å². The lowest BCUT2D eigenvalue weighted by atomic mass is 9.95. The molecule has 3 rings (SSSR count). The average molecular weight is 374 g/mol. The Morgan fingerprint density at radius 3 is 2.26 bits per heavy atom. The molecular weight excluding hydrogens is 358 g/mol. The highest BCUT2D eigenvalue weighted by Crippen LogP contribution is 2.31. The fraction of sp³-hybridized carbons (Fsp3) is 0.222. The number of aryl methyl sites for hydroxylation is 1. The molecule has 0 saturated carbocycles. The normalized spacial score (nSPS) is 15.0. The minimum atomic E-state index is -1.29. The van der Waals surface area contributed by atoms with Gasteiger partial charge in [0.15, 0.2) is 0 Å². The topological polar surface area (TPSA) is 66.4 Å². The Bertz CT molecular complexity index is 776. The van der Waals surface area contributed by atoms with Crippen LogP contribution in [0.15, 0.2) is 46.9 Å². The number of nitrogens with one attached hydrogen (secondary N) is 1. The van der Waals surface area contributed by atoms with Crippen molar-refractivity contribution in [2.75, 3.05) is 0 Å². The molecule has 2 aromatic rings. The molecule has 0 fully saturated rings. The molecule has 0 spiro atoms. The highest BCUT2D eigenvalue weighted by Gasteiger charge is 2.45. The molecule has 0 bridgehead atoms. The standard InChI is InChI=1S/C18H16BrNO3/c1-11-6-7-14(15(19)8-11)16(21)20-18(17(22)23)9-12-4-2-3-5-13(12)10-18/h2-8H,9-10H2,1H3,(H,20,21)(H,22,23). The zero-order valence-corrected chi connectivity index (χ0v) is 14.2. The maximum Gasteiger partial charge on any atom is 0.330 e. The van der Waals surface area contributed by atoms with E-state index in [1.165, 1.54) is 0 Å². The predicted octanol–water partition coefficient (Wildman–Crippen LogP) is 3.11. The molecule has 0 aromatic heterocycles. The average Bonchev–Trinajstić information content (AvgIpc) is 2.86. The summed E-state index contributed by atoms with van der Waals surface area (Å²) < 4.78 is 0.658. The Balaban J connectivity index is 1.90. The smallest absolute Gasteiger partial charge is 0.330 e. The molecule has 4 nitrogen and oxygen atoms in total. The van der Waals surface area contributed by atoms with E-state index in [0.29, 0.717) is 22.9 Å². The quantitative estimate of drug-likeness (QED) is 0.868. The predicted molar refractivity (Wildman–Crippen MR) is 90.6 cm³/mol. The molecule has 5 heteroatoms. The molecule has 2 N–H and O–H groups in total. The van der Waals surface area contributed by atoms with Crippen LogP contribution in [0.5, 0.6) is 0 Å². The van der Waals surface area contributed by atoms with Gasteiger partial charge in [-0.2, -0.15) is 0 Å². The first-order chi connectivity index (χ1) is 10.9. The third-order valence-electron chi connectivity index (χ3n) is 4.23. The van der Waals surface area contributed by atoms with Crippen LogP contribution in [0.25, 0.3) is 0 Å². The summed E-state index contributed by atoms with van der Waals surface area (Å²) in [6.45, 7) is 1.93. The molecule has 0 radical (unpaired) electrons. The van der Waals surface area contributed by atoms with Gasteiger partial charge in [0, 0.05) is 17.3 Å². The van der Waals surface area contributed by atoms with Crippen molar-refractivity contribution in [2.45, 2.75) is 25.3 Å². The Morgan fingerprint density at radius 2 is 1.74 bits per heavy atom. The molecule has 0 aliphatic heterocycles. The number of aliphatic carboxylic acids is 1. The van der Waals surface area contributed by atoms with Gasteiger partial charge in [0.05, 0.1) is 5.56 Å². The first kappa shape index (κ1) is 15.7. The van der Waals surface area contributed by atoms with Gasteiger partial charge in [0.2, 0.25) is 0 Å². The molecule has 0 heterocycles. The van der Waals surface area contributed by atoms with Crippen molar-refractivity contribution < 1.29 is 14.7 Å². The van der Waals surface area contributed by atoms with E-state index < -0.39 is 11.5 Å². The first-order valence-electron chi connectivity index (χ1n) is 7.30. The summed E-state index contributed by atoms with van der Waals surface area (Å²) in [6.07, 6.45) is 0.599. The zero-order chi connectivity index (χ0) is 16.6. The van der Waals surface area contributed by atoms with Gasteiger partial charge < -0.3 is 10.4 Å². The monoisotopic (exact) mass is 373 g/mol. The van der Waals surface area contributed by atoms with Crippen LogP contribution in [0.1, 0.15) is 27.0 Å². The second kappa shape index (κ2) is 5.81. The van der Waals surface area contributed by atoms with Crippen molar-refractivity contribution in [3.05, 3.63) is 69.2 Å². The van der Waals surface area contributed by atoms with E-state index in [-0.39, 0.29) is 5.91 Å². The molecule has 0 saturated heterocycles. The van der Waals surface area contributed by atoms with E-state index in [4.69, 9.17) is 0 Å². The summed E-state index contributed by atoms with van der Waals surface area (Å²) in [5, 5.41) is 12.5. The van der Waals surface area contributed by atoms with Crippen molar-refractivity contribution >= 4 is 27.8 Å². The zero-order valence-electron chi connectivity index (χ0n) is 12.6. The van der Waals surface area contributed by atoms with E-state index in [2.05, 4.69) is 21.2 Å². The van der Waals surface area contributed by atoms with E-state index in [9.17, 15) is 14.7 Å². The Labute approximate surface area is 142 Å². The number of hydrogen-bond donors (Lipinski definition) is 2. The van der Waals surface area contributed by atoms with Crippen molar-refractivity contribution in [1.29, 1.82) is 0 Å². The lowest BCUT2D eigenvalue weighted by Gasteiger charge is -2.25. The van der Waals surface area contributed by atoms with Gasteiger partial charge in [-0.1, -0.05) is 30.3 Å². The van der Waals surface area contributed by atoms with Crippen molar-refractivity contribution in [3.8, 4) is 0 Å². The number of carbonyl (C=O) groups excluding carboxylic acids is 1. The van der Waals surface area contributed by atoms with Crippen LogP contribution >= 0.6 is 15.9 Å². The third-order valence-corrected chi connectivity index (χ3v) is 4.89. The van der Waals surface area contributed by atoms with Crippen molar-refractivity contribution in [3.63, 3.8) is 0 Å². The molecule has 0 unspecified atom stereocenters. The summed E-state index contributed by atoms with van der Waals surface area (Å²) >= 11 is 3.37. The van der Waals surface area contributed by atoms with Crippen LogP contribution in [-0.2, 0) is 17.6 Å². The van der Waals surface area contributed by atoms with E-state index in [0.717, 1.165) is 16.7 Å². The van der Waals surface area contributed by atoms with E-state index in [1.807, 2.05) is 43.3 Å². The molecule has 0 atom stereocenters. The SMILES string of the molecule is Cc1ccc(C(=O)NC2(C(=O)O)Cc3ccccc3C2)c(Br)c1. The van der Waals surface area contributed by atoms with Gasteiger partial charge in [-0.05, 0) is 51.7 Å². The Hall–Kier alpha value is -2.14. The minimum absolute atomic E-state index is 0.299. The highest BCUT2D eigenvalue weighted by molar-refractivity contribution is 9.10. The summed E-state index contributed by atoms with van der Waals surface area (Å²) in [6, 6.07) is 13.0. The number of fused-ring (bicyclic) bond motifs is 1. The Kier molecular flexibility index (Phi) is 3.98. The maximum absolute atomic E-state index is 12.6. The number of benzene rings is 2. The number of hydrogen-bond acceptors (Lipinski definition) is 2. The number of halogens is 1. The lowest BCUT2D eigenvalue weighted by molar-refractivity contribution is -0.144. The van der Waals surface area contributed by atoms with Crippen LogP contribution in [0.2, 0.25) is 0 Å². The molecule has 1 aliphatic rings. The highest BCUT2D eigenvalue weighted by atomic mass is 79.9. The van der Waals surface area contributed by atoms with Crippen LogP contribution in [0.4, 0.5) is 0 Å². The number of carbonyl (C=O) groups is 2. The van der Waals surface area contributed by atoms with Gasteiger partial charge in [-0.15, -0.1) is 0 Å². The summed E-state index contributed by atoms with van der Waals surface area (Å²) in [7, 11) is 0. The Morgan fingerprint density at radius 1 is 1.13 bits per heavy atom. The molecule has 1 aliphatic carbocycles. The molecule has 1 amide bonds. The number of rotatable bonds is 3. The van der Waals surface area contributed by atoms with Gasteiger partial charge in [-0.3, -0.25) is 4.79 Å². The minimum Gasteiger partial charge on any atom is -0.479 e. The second-order valence-corrected chi connectivity index (χ2v) is 6.80. The van der Waals surface area contributed by atoms with Gasteiger partial charge in [-0.25, -0.2) is 4.79 Å². The number of amides is 1. The first-order valence-corrected chi connectivity index (χ1v) is 8.09. The van der Waals surface area contributed by atoms with Gasteiger partial charge >= 0.3 is 5.97 Å². The van der Waals surface area contributed by atoms with Gasteiger partial charge in [0.1, 0.15) is 5.54 Å². The lowest BCUT2D eigenvalue weighted by Crippen LogP contribution is -2.55. The number of carboxylic acids is 1. The van der Waals surface area contributed by atoms with Crippen LogP contribution in [0, 0.1) is 6.92 Å². The summed E-state index contributed by atoms with van der Waals surface area (Å²) in [5.74, 6) is -1.39. The largest absolute Gasteiger partial charge is 0.479 e.